The van der Waals surface area contributed by atoms with Crippen molar-refractivity contribution in [1.82, 2.24) is 4.98 Å². The smallest absolute Gasteiger partial charge is 0.0664 e. The largest absolute Gasteiger partial charge is 0.256 e. The average Bonchev–Trinajstić information content (AvgIpc) is 2.19. The van der Waals surface area contributed by atoms with Crippen LogP contribution < -0.4 is 0 Å². The minimum Gasteiger partial charge on any atom is -0.256 e. The molecule has 0 aliphatic carbocycles. The van der Waals surface area contributed by atoms with Gasteiger partial charge in [-0.25, -0.2) is 0 Å². The number of hydrogen-bond acceptors (Lipinski definition) is 1. The number of pyridine rings is 1. The van der Waals surface area contributed by atoms with Crippen LogP contribution in [0.2, 0.25) is 0 Å². The van der Waals surface area contributed by atoms with Gasteiger partial charge in [0.1, 0.15) is 0 Å². The Hall–Kier alpha value is -1.37. The monoisotopic (exact) mass is 187 g/mol. The minimum absolute atomic E-state index is 0.988. The molecule has 0 amide bonds. The molecule has 14 heavy (non-hydrogen) atoms. The molecule has 0 bridgehead atoms. The van der Waals surface area contributed by atoms with Crippen LogP contribution in [0.3, 0.4) is 0 Å². The van der Waals surface area contributed by atoms with Gasteiger partial charge < -0.3 is 0 Å². The van der Waals surface area contributed by atoms with Crippen LogP contribution in [0, 0.1) is 13.8 Å². The van der Waals surface area contributed by atoms with Crippen molar-refractivity contribution in [2.75, 3.05) is 0 Å². The van der Waals surface area contributed by atoms with Crippen molar-refractivity contribution in [3.8, 4) is 0 Å². The van der Waals surface area contributed by atoms with Crippen molar-refractivity contribution in [2.45, 2.75) is 27.2 Å². The van der Waals surface area contributed by atoms with E-state index in [1.54, 1.807) is 0 Å². The maximum atomic E-state index is 4.41. The Morgan fingerprint density at radius 1 is 1.43 bits per heavy atom. The highest BCUT2D eigenvalue weighted by atomic mass is 14.7. The van der Waals surface area contributed by atoms with E-state index < -0.39 is 0 Å². The Kier molecular flexibility index (Phi) is 3.63. The second-order valence-corrected chi connectivity index (χ2v) is 3.43. The van der Waals surface area contributed by atoms with Gasteiger partial charge in [0.2, 0.25) is 0 Å². The van der Waals surface area contributed by atoms with Crippen LogP contribution in [-0.2, 0) is 0 Å². The van der Waals surface area contributed by atoms with Crippen LogP contribution in [0.15, 0.2) is 31.0 Å². The van der Waals surface area contributed by atoms with Crippen molar-refractivity contribution in [3.63, 3.8) is 0 Å². The summed E-state index contributed by atoms with van der Waals surface area (Å²) in [4.78, 5) is 4.41. The fourth-order valence-electron chi connectivity index (χ4n) is 1.33. The molecule has 1 rings (SSSR count). The summed E-state index contributed by atoms with van der Waals surface area (Å²) in [7, 11) is 0. The van der Waals surface area contributed by atoms with E-state index in [0.29, 0.717) is 0 Å². The number of hydrogen-bond donors (Lipinski definition) is 0. The molecule has 1 aromatic rings. The van der Waals surface area contributed by atoms with Crippen LogP contribution in [-0.4, -0.2) is 4.98 Å². The third-order valence-corrected chi connectivity index (χ3v) is 2.40. The van der Waals surface area contributed by atoms with E-state index in [0.717, 1.165) is 12.1 Å². The molecule has 0 saturated carbocycles. The van der Waals surface area contributed by atoms with Crippen molar-refractivity contribution < 1.29 is 0 Å². The summed E-state index contributed by atoms with van der Waals surface area (Å²) in [6.07, 6.45) is 6.76. The molecule has 0 radical (unpaired) electrons. The molecule has 74 valence electrons. The Bertz CT molecular complexity index is 361. The zero-order valence-electron chi connectivity index (χ0n) is 9.17. The summed E-state index contributed by atoms with van der Waals surface area (Å²) >= 11 is 0. The lowest BCUT2D eigenvalue weighted by Gasteiger charge is -2.06. The molecule has 0 saturated heterocycles. The fraction of sp³-hybridized carbons (Fsp3) is 0.308. The van der Waals surface area contributed by atoms with Gasteiger partial charge in [0.05, 0.1) is 5.69 Å². The zero-order chi connectivity index (χ0) is 10.6. The first-order chi connectivity index (χ1) is 6.69. The summed E-state index contributed by atoms with van der Waals surface area (Å²) in [5.41, 5.74) is 4.83. The number of allylic oxidation sites excluding steroid dienone is 3. The molecule has 0 unspecified atom stereocenters. The second-order valence-electron chi connectivity index (χ2n) is 3.43. The second kappa shape index (κ2) is 4.75. The number of nitrogens with zero attached hydrogens (tertiary/aromatic N) is 1. The van der Waals surface area contributed by atoms with Gasteiger partial charge in [0.15, 0.2) is 0 Å². The first-order valence-electron chi connectivity index (χ1n) is 4.94. The maximum absolute atomic E-state index is 4.41. The van der Waals surface area contributed by atoms with E-state index in [-0.39, 0.29) is 0 Å². The Morgan fingerprint density at radius 3 is 2.64 bits per heavy atom. The maximum Gasteiger partial charge on any atom is 0.0664 e. The highest BCUT2D eigenvalue weighted by Crippen LogP contribution is 2.18. The fourth-order valence-corrected chi connectivity index (χ4v) is 1.33. The summed E-state index contributed by atoms with van der Waals surface area (Å²) in [6, 6.07) is 2.13. The molecule has 1 heteroatoms. The topological polar surface area (TPSA) is 12.9 Å². The van der Waals surface area contributed by atoms with Crippen molar-refractivity contribution in [3.05, 3.63) is 47.8 Å². The SMILES string of the molecule is C=C/C=C(\CC)c1cc(C)c(C)cn1. The molecular formula is C13H17N. The van der Waals surface area contributed by atoms with E-state index in [1.165, 1.54) is 16.7 Å². The predicted octanol–water partition coefficient (Wildman–Crippen LogP) is 3.68. The normalized spacial score (nSPS) is 11.5. The highest BCUT2D eigenvalue weighted by molar-refractivity contribution is 5.64. The summed E-state index contributed by atoms with van der Waals surface area (Å²) in [5, 5.41) is 0. The van der Waals surface area contributed by atoms with Gasteiger partial charge in [-0.1, -0.05) is 25.7 Å². The molecule has 1 heterocycles. The molecule has 1 nitrogen and oxygen atoms in total. The van der Waals surface area contributed by atoms with Gasteiger partial charge in [-0.2, -0.15) is 0 Å². The van der Waals surface area contributed by atoms with Crippen molar-refractivity contribution in [2.24, 2.45) is 0 Å². The molecule has 0 fully saturated rings. The van der Waals surface area contributed by atoms with Crippen LogP contribution >= 0.6 is 0 Å². The Labute approximate surface area is 86.2 Å². The molecular weight excluding hydrogens is 170 g/mol. The van der Waals surface area contributed by atoms with Gasteiger partial charge in [-0.3, -0.25) is 4.98 Å². The van der Waals surface area contributed by atoms with Crippen LogP contribution in [0.4, 0.5) is 0 Å². The Morgan fingerprint density at radius 2 is 2.14 bits per heavy atom. The van der Waals surface area contributed by atoms with Crippen molar-refractivity contribution >= 4 is 5.57 Å². The van der Waals surface area contributed by atoms with E-state index in [2.05, 4.69) is 38.4 Å². The molecule has 0 spiro atoms. The quantitative estimate of drug-likeness (QED) is 0.658. The van der Waals surface area contributed by atoms with E-state index in [9.17, 15) is 0 Å². The molecule has 0 aliphatic heterocycles. The first-order valence-corrected chi connectivity index (χ1v) is 4.94. The predicted molar refractivity (Wildman–Crippen MR) is 62.2 cm³/mol. The van der Waals surface area contributed by atoms with Gasteiger partial charge in [-0.05, 0) is 43.0 Å². The van der Waals surface area contributed by atoms with E-state index in [1.807, 2.05) is 18.3 Å². The lowest BCUT2D eigenvalue weighted by Crippen LogP contribution is -1.91. The van der Waals surface area contributed by atoms with Crippen molar-refractivity contribution in [1.29, 1.82) is 0 Å². The lowest BCUT2D eigenvalue weighted by molar-refractivity contribution is 1.14. The summed E-state index contributed by atoms with van der Waals surface area (Å²) in [6.45, 7) is 10.0. The number of aromatic nitrogens is 1. The minimum atomic E-state index is 0.988. The standard InChI is InChI=1S/C13H17N/c1-5-7-12(6-2)13-8-10(3)11(4)9-14-13/h5,7-9H,1,6H2,2-4H3/b12-7+. The molecule has 0 N–H and O–H groups in total. The van der Waals surface area contributed by atoms with Gasteiger partial charge in [0.25, 0.3) is 0 Å². The molecule has 0 aromatic carbocycles. The number of rotatable bonds is 3. The van der Waals surface area contributed by atoms with Gasteiger partial charge >= 0.3 is 0 Å². The van der Waals surface area contributed by atoms with Crippen LogP contribution in [0.1, 0.15) is 30.2 Å². The summed E-state index contributed by atoms with van der Waals surface area (Å²) < 4.78 is 0. The molecule has 0 aliphatic rings. The molecule has 1 aromatic heterocycles. The zero-order valence-corrected chi connectivity index (χ0v) is 9.17. The Balaban J connectivity index is 3.12. The third kappa shape index (κ3) is 2.32. The van der Waals surface area contributed by atoms with E-state index >= 15 is 0 Å². The average molecular weight is 187 g/mol. The first kappa shape index (κ1) is 10.7. The lowest BCUT2D eigenvalue weighted by atomic mass is 10.1. The summed E-state index contributed by atoms with van der Waals surface area (Å²) in [5.74, 6) is 0. The third-order valence-electron chi connectivity index (χ3n) is 2.40. The van der Waals surface area contributed by atoms with Gasteiger partial charge in [-0.15, -0.1) is 0 Å². The van der Waals surface area contributed by atoms with E-state index in [4.69, 9.17) is 0 Å². The highest BCUT2D eigenvalue weighted by Gasteiger charge is 2.01. The van der Waals surface area contributed by atoms with Gasteiger partial charge in [0, 0.05) is 6.20 Å². The molecule has 0 atom stereocenters. The van der Waals surface area contributed by atoms with Crippen LogP contribution in [0.25, 0.3) is 5.57 Å². The van der Waals surface area contributed by atoms with Crippen LogP contribution in [0.5, 0.6) is 0 Å². The number of aryl methyl sites for hydroxylation is 2.